The second-order valence-electron chi connectivity index (χ2n) is 7.13. The van der Waals surface area contributed by atoms with Crippen LogP contribution in [0.3, 0.4) is 0 Å². The zero-order valence-electron chi connectivity index (χ0n) is 17.9. The normalized spacial score (nSPS) is 12.5. The molecule has 1 aliphatic heterocycles. The molecule has 0 bridgehead atoms. The van der Waals surface area contributed by atoms with Gasteiger partial charge in [-0.1, -0.05) is 18.2 Å². The Morgan fingerprint density at radius 3 is 2.00 bits per heavy atom. The van der Waals surface area contributed by atoms with Crippen LogP contribution in [0.2, 0.25) is 0 Å². The van der Waals surface area contributed by atoms with Crippen molar-refractivity contribution in [1.29, 1.82) is 0 Å². The lowest BCUT2D eigenvalue weighted by molar-refractivity contribution is 0.0265. The molecule has 0 fully saturated rings. The maximum absolute atomic E-state index is 12.7. The van der Waals surface area contributed by atoms with E-state index in [2.05, 4.69) is 4.72 Å². The van der Waals surface area contributed by atoms with Gasteiger partial charge in [-0.25, -0.2) is 18.0 Å². The van der Waals surface area contributed by atoms with Crippen LogP contribution < -0.4 is 14.2 Å². The minimum absolute atomic E-state index is 0.0188. The van der Waals surface area contributed by atoms with Crippen LogP contribution in [0.5, 0.6) is 11.5 Å². The van der Waals surface area contributed by atoms with E-state index >= 15 is 0 Å². The number of nitrogens with one attached hydrogen (secondary N) is 1. The lowest BCUT2D eigenvalue weighted by Crippen LogP contribution is -2.17. The Morgan fingerprint density at radius 2 is 1.35 bits per heavy atom. The molecular weight excluding hydrogens is 462 g/mol. The fraction of sp³-hybridized carbons (Fsp3) is 0.167. The molecule has 3 aromatic rings. The van der Waals surface area contributed by atoms with Gasteiger partial charge in [0.15, 0.2) is 11.5 Å². The van der Waals surface area contributed by atoms with Crippen LogP contribution >= 0.6 is 0 Å². The van der Waals surface area contributed by atoms with Gasteiger partial charge in [-0.2, -0.15) is 0 Å². The summed E-state index contributed by atoms with van der Waals surface area (Å²) in [7, 11) is -3.88. The monoisotopic (exact) mass is 483 g/mol. The van der Waals surface area contributed by atoms with Crippen LogP contribution in [-0.2, 0) is 19.5 Å². The van der Waals surface area contributed by atoms with Crippen LogP contribution in [0.4, 0.5) is 5.69 Å². The minimum atomic E-state index is -3.88. The first-order chi connectivity index (χ1) is 16.4. The zero-order valence-corrected chi connectivity index (χ0v) is 18.7. The Morgan fingerprint density at radius 1 is 0.765 bits per heavy atom. The first kappa shape index (κ1) is 23.1. The van der Waals surface area contributed by atoms with Crippen molar-refractivity contribution in [2.75, 3.05) is 31.1 Å². The molecule has 0 atom stereocenters. The number of anilines is 1. The number of carbonyl (C=O) groups excluding carboxylic acids is 2. The number of rotatable bonds is 8. The van der Waals surface area contributed by atoms with E-state index in [1.165, 1.54) is 36.4 Å². The van der Waals surface area contributed by atoms with Gasteiger partial charge in [0.1, 0.15) is 26.4 Å². The van der Waals surface area contributed by atoms with Crippen molar-refractivity contribution >= 4 is 27.6 Å². The van der Waals surface area contributed by atoms with Crippen molar-refractivity contribution in [3.05, 3.63) is 83.9 Å². The van der Waals surface area contributed by atoms with Gasteiger partial charge in [-0.05, 0) is 48.5 Å². The minimum Gasteiger partial charge on any atom is -0.486 e. The van der Waals surface area contributed by atoms with Crippen molar-refractivity contribution in [3.8, 4) is 11.5 Å². The van der Waals surface area contributed by atoms with Crippen molar-refractivity contribution in [2.45, 2.75) is 4.90 Å². The number of hydrogen-bond donors (Lipinski definition) is 1. The summed E-state index contributed by atoms with van der Waals surface area (Å²) < 4.78 is 48.8. The van der Waals surface area contributed by atoms with Gasteiger partial charge in [0.05, 0.1) is 16.0 Å². The van der Waals surface area contributed by atoms with Gasteiger partial charge in [-0.3, -0.25) is 4.72 Å². The van der Waals surface area contributed by atoms with Gasteiger partial charge in [0, 0.05) is 11.8 Å². The van der Waals surface area contributed by atoms with E-state index in [4.69, 9.17) is 18.9 Å². The summed E-state index contributed by atoms with van der Waals surface area (Å²) in [5, 5.41) is 0. The SMILES string of the molecule is O=C(OCCOC(=O)c1ccc(NS(=O)(=O)c2ccc3c(c2)OCCO3)cc1)c1ccccc1. The van der Waals surface area contributed by atoms with E-state index in [1.807, 2.05) is 0 Å². The summed E-state index contributed by atoms with van der Waals surface area (Å²) >= 11 is 0. The summed E-state index contributed by atoms with van der Waals surface area (Å²) in [6, 6.07) is 18.6. The Hall–Kier alpha value is -4.05. The maximum Gasteiger partial charge on any atom is 0.338 e. The molecule has 1 aliphatic rings. The number of sulfonamides is 1. The second kappa shape index (κ2) is 10.3. The fourth-order valence-electron chi connectivity index (χ4n) is 3.09. The highest BCUT2D eigenvalue weighted by Gasteiger charge is 2.20. The molecule has 0 saturated heterocycles. The molecule has 10 heteroatoms. The number of esters is 2. The first-order valence-corrected chi connectivity index (χ1v) is 11.8. The molecule has 0 spiro atoms. The Kier molecular flexibility index (Phi) is 6.98. The first-order valence-electron chi connectivity index (χ1n) is 10.3. The quantitative estimate of drug-likeness (QED) is 0.383. The highest BCUT2D eigenvalue weighted by Crippen LogP contribution is 2.32. The molecule has 0 unspecified atom stereocenters. The summed E-state index contributed by atoms with van der Waals surface area (Å²) in [6.07, 6.45) is 0. The number of benzene rings is 3. The second-order valence-corrected chi connectivity index (χ2v) is 8.81. The van der Waals surface area contributed by atoms with Crippen molar-refractivity contribution in [1.82, 2.24) is 0 Å². The van der Waals surface area contributed by atoms with E-state index in [9.17, 15) is 18.0 Å². The van der Waals surface area contributed by atoms with Gasteiger partial charge in [0.25, 0.3) is 10.0 Å². The third-order valence-electron chi connectivity index (χ3n) is 4.76. The molecule has 176 valence electrons. The molecule has 0 aliphatic carbocycles. The highest BCUT2D eigenvalue weighted by molar-refractivity contribution is 7.92. The van der Waals surface area contributed by atoms with Gasteiger partial charge < -0.3 is 18.9 Å². The van der Waals surface area contributed by atoms with Crippen LogP contribution in [-0.4, -0.2) is 46.8 Å². The van der Waals surface area contributed by atoms with Crippen LogP contribution in [0.15, 0.2) is 77.7 Å². The topological polar surface area (TPSA) is 117 Å². The molecular formula is C24H21NO8S. The van der Waals surface area contributed by atoms with Gasteiger partial charge in [-0.15, -0.1) is 0 Å². The van der Waals surface area contributed by atoms with E-state index in [0.29, 0.717) is 30.3 Å². The molecule has 1 N–H and O–H groups in total. The Bertz CT molecular complexity index is 1270. The number of hydrogen-bond acceptors (Lipinski definition) is 8. The number of ether oxygens (including phenoxy) is 4. The van der Waals surface area contributed by atoms with Crippen LogP contribution in [0, 0.1) is 0 Å². The third kappa shape index (κ3) is 5.65. The Balaban J connectivity index is 1.29. The average molecular weight is 483 g/mol. The summed E-state index contributed by atoms with van der Waals surface area (Å²) in [4.78, 5) is 24.1. The molecule has 3 aromatic carbocycles. The van der Waals surface area contributed by atoms with Gasteiger partial charge >= 0.3 is 11.9 Å². The average Bonchev–Trinajstić information content (AvgIpc) is 2.86. The molecule has 1 heterocycles. The number of fused-ring (bicyclic) bond motifs is 1. The summed E-state index contributed by atoms with van der Waals surface area (Å²) in [5.74, 6) is -0.284. The van der Waals surface area contributed by atoms with Gasteiger partial charge in [0.2, 0.25) is 0 Å². The fourth-order valence-corrected chi connectivity index (χ4v) is 4.16. The molecule has 0 radical (unpaired) electrons. The van der Waals surface area contributed by atoms with E-state index in [-0.39, 0.29) is 29.4 Å². The van der Waals surface area contributed by atoms with Crippen molar-refractivity contribution < 1.29 is 37.0 Å². The predicted octanol–water partition coefficient (Wildman–Crippen LogP) is 3.27. The summed E-state index contributed by atoms with van der Waals surface area (Å²) in [5.41, 5.74) is 0.892. The molecule has 9 nitrogen and oxygen atoms in total. The lowest BCUT2D eigenvalue weighted by Gasteiger charge is -2.19. The smallest absolute Gasteiger partial charge is 0.338 e. The van der Waals surface area contributed by atoms with Crippen molar-refractivity contribution in [3.63, 3.8) is 0 Å². The molecule has 0 amide bonds. The largest absolute Gasteiger partial charge is 0.486 e. The lowest BCUT2D eigenvalue weighted by atomic mass is 10.2. The Labute approximate surface area is 196 Å². The van der Waals surface area contributed by atoms with E-state index in [0.717, 1.165) is 0 Å². The highest BCUT2D eigenvalue weighted by atomic mass is 32.2. The molecule has 0 saturated carbocycles. The van der Waals surface area contributed by atoms with E-state index < -0.39 is 22.0 Å². The maximum atomic E-state index is 12.7. The van der Waals surface area contributed by atoms with Crippen molar-refractivity contribution in [2.24, 2.45) is 0 Å². The van der Waals surface area contributed by atoms with E-state index in [1.54, 1.807) is 36.4 Å². The summed E-state index contributed by atoms with van der Waals surface area (Å²) in [6.45, 7) is 0.546. The van der Waals surface area contributed by atoms with Crippen LogP contribution in [0.1, 0.15) is 20.7 Å². The standard InChI is InChI=1S/C24H21NO8S/c26-23(17-4-2-1-3-5-17)32-14-15-33-24(27)18-6-8-19(9-7-18)25-34(28,29)20-10-11-21-22(16-20)31-13-12-30-21/h1-11,16,25H,12-15H2. The molecule has 34 heavy (non-hydrogen) atoms. The number of carbonyl (C=O) groups is 2. The molecule has 4 rings (SSSR count). The zero-order chi connectivity index (χ0) is 24.0. The third-order valence-corrected chi connectivity index (χ3v) is 6.13. The van der Waals surface area contributed by atoms with Crippen LogP contribution in [0.25, 0.3) is 0 Å². The molecule has 0 aromatic heterocycles. The predicted molar refractivity (Wildman–Crippen MR) is 122 cm³/mol.